The predicted octanol–water partition coefficient (Wildman–Crippen LogP) is 2.80. The summed E-state index contributed by atoms with van der Waals surface area (Å²) >= 11 is 1.78. The molecule has 3 aromatic rings. The molecule has 0 spiro atoms. The van der Waals surface area contributed by atoms with Gasteiger partial charge in [0, 0.05) is 11.3 Å². The maximum absolute atomic E-state index is 13.7. The number of hydrogen-bond donors (Lipinski definition) is 2. The molecule has 0 unspecified atom stereocenters. The lowest BCUT2D eigenvalue weighted by Gasteiger charge is -2.10. The first kappa shape index (κ1) is 18.3. The van der Waals surface area contributed by atoms with E-state index < -0.39 is 28.6 Å². The number of H-pyrrole nitrogens is 1. The van der Waals surface area contributed by atoms with Crippen molar-refractivity contribution in [3.8, 4) is 5.88 Å². The van der Waals surface area contributed by atoms with Crippen LogP contribution in [0.1, 0.15) is 12.5 Å². The Bertz CT molecular complexity index is 1040. The van der Waals surface area contributed by atoms with E-state index in [1.165, 1.54) is 19.1 Å². The number of aliphatic carboxylic acids is 1. The first-order valence-electron chi connectivity index (χ1n) is 7.21. The van der Waals surface area contributed by atoms with E-state index in [9.17, 15) is 18.4 Å². The van der Waals surface area contributed by atoms with Crippen molar-refractivity contribution in [1.82, 2.24) is 15.0 Å². The number of aromatic nitrogens is 3. The Hall–Kier alpha value is -2.53. The van der Waals surface area contributed by atoms with Gasteiger partial charge >= 0.3 is 10.8 Å². The van der Waals surface area contributed by atoms with E-state index in [4.69, 9.17) is 9.84 Å². The number of nitrogens with one attached hydrogen (secondary N) is 1. The van der Waals surface area contributed by atoms with Crippen LogP contribution in [0.25, 0.3) is 10.3 Å². The van der Waals surface area contributed by atoms with Gasteiger partial charge in [0.1, 0.15) is 4.70 Å². The fraction of sp³-hybridized carbons (Fsp3) is 0.200. The van der Waals surface area contributed by atoms with E-state index in [-0.39, 0.29) is 32.7 Å². The van der Waals surface area contributed by atoms with E-state index in [2.05, 4.69) is 15.0 Å². The minimum Gasteiger partial charge on any atom is -0.479 e. The van der Waals surface area contributed by atoms with Crippen LogP contribution in [0.4, 0.5) is 8.78 Å². The first-order chi connectivity index (χ1) is 12.3. The van der Waals surface area contributed by atoms with Crippen LogP contribution in [0.3, 0.4) is 0 Å². The summed E-state index contributed by atoms with van der Waals surface area (Å²) in [6.45, 7) is 1.32. The molecule has 11 heteroatoms. The highest BCUT2D eigenvalue weighted by molar-refractivity contribution is 7.98. The minimum atomic E-state index is -1.20. The van der Waals surface area contributed by atoms with Gasteiger partial charge in [-0.25, -0.2) is 18.6 Å². The molecular formula is C15H11F2N3O4S2. The Balaban J connectivity index is 1.92. The van der Waals surface area contributed by atoms with Gasteiger partial charge in [-0.05, 0) is 13.0 Å². The van der Waals surface area contributed by atoms with Crippen LogP contribution in [0.2, 0.25) is 0 Å². The second kappa shape index (κ2) is 7.38. The van der Waals surface area contributed by atoms with Gasteiger partial charge in [-0.2, -0.15) is 4.98 Å². The number of thiazole rings is 1. The maximum Gasteiger partial charge on any atom is 0.344 e. The molecule has 0 saturated carbocycles. The second-order valence-electron chi connectivity index (χ2n) is 5.10. The predicted molar refractivity (Wildman–Crippen MR) is 91.7 cm³/mol. The molecule has 0 bridgehead atoms. The average Bonchev–Trinajstić information content (AvgIpc) is 2.96. The Morgan fingerprint density at radius 3 is 2.92 bits per heavy atom. The van der Waals surface area contributed by atoms with Crippen LogP contribution in [0.5, 0.6) is 5.88 Å². The Kier molecular flexibility index (Phi) is 5.18. The number of fused-ring (bicyclic) bond motifs is 1. The zero-order valence-electron chi connectivity index (χ0n) is 13.2. The molecule has 0 fully saturated rings. The van der Waals surface area contributed by atoms with E-state index in [0.717, 1.165) is 29.2 Å². The van der Waals surface area contributed by atoms with E-state index in [0.29, 0.717) is 0 Å². The zero-order valence-corrected chi connectivity index (χ0v) is 14.8. The zero-order chi connectivity index (χ0) is 18.8. The third-order valence-electron chi connectivity index (χ3n) is 3.25. The number of carboxylic acids is 1. The van der Waals surface area contributed by atoms with Gasteiger partial charge in [-0.3, -0.25) is 9.78 Å². The average molecular weight is 399 g/mol. The second-order valence-corrected chi connectivity index (χ2v) is 7.03. The van der Waals surface area contributed by atoms with Gasteiger partial charge in [0.2, 0.25) is 5.88 Å². The molecule has 3 rings (SSSR count). The maximum atomic E-state index is 13.7. The molecule has 0 saturated heterocycles. The van der Waals surface area contributed by atoms with Gasteiger partial charge in [-0.15, -0.1) is 0 Å². The summed E-state index contributed by atoms with van der Waals surface area (Å²) in [6, 6.07) is 3.83. The molecule has 0 aliphatic rings. The lowest BCUT2D eigenvalue weighted by molar-refractivity contribution is -0.144. The summed E-state index contributed by atoms with van der Waals surface area (Å²) in [7, 11) is 0. The lowest BCUT2D eigenvalue weighted by atomic mass is 10.2. The number of aromatic amines is 1. The summed E-state index contributed by atoms with van der Waals surface area (Å²) in [5, 5.41) is 9.11. The molecule has 26 heavy (non-hydrogen) atoms. The third kappa shape index (κ3) is 3.83. The van der Waals surface area contributed by atoms with Crippen molar-refractivity contribution < 1.29 is 23.4 Å². The molecule has 2 heterocycles. The first-order valence-corrected chi connectivity index (χ1v) is 9.01. The number of halogens is 2. The number of benzene rings is 1. The van der Waals surface area contributed by atoms with Crippen molar-refractivity contribution in [2.24, 2.45) is 0 Å². The summed E-state index contributed by atoms with van der Waals surface area (Å²) in [5.74, 6) is -3.13. The number of hydrogen-bond acceptors (Lipinski definition) is 7. The van der Waals surface area contributed by atoms with Crippen molar-refractivity contribution in [2.45, 2.75) is 23.9 Å². The van der Waals surface area contributed by atoms with Crippen LogP contribution in [0, 0.1) is 11.6 Å². The Morgan fingerprint density at radius 1 is 1.42 bits per heavy atom. The highest BCUT2D eigenvalue weighted by Crippen LogP contribution is 2.29. The van der Waals surface area contributed by atoms with E-state index in [1.54, 1.807) is 0 Å². The minimum absolute atomic E-state index is 0.0391. The highest BCUT2D eigenvalue weighted by Gasteiger charge is 2.19. The fourth-order valence-electron chi connectivity index (χ4n) is 1.97. The Labute approximate surface area is 153 Å². The Morgan fingerprint density at radius 2 is 2.19 bits per heavy atom. The molecule has 0 radical (unpaired) electrons. The van der Waals surface area contributed by atoms with Crippen molar-refractivity contribution in [3.05, 3.63) is 45.1 Å². The summed E-state index contributed by atoms with van der Waals surface area (Å²) in [6.07, 6.45) is -1.19. The molecule has 2 aromatic heterocycles. The monoisotopic (exact) mass is 399 g/mol. The summed E-state index contributed by atoms with van der Waals surface area (Å²) in [4.78, 5) is 32.9. The van der Waals surface area contributed by atoms with Crippen LogP contribution in [0.15, 0.2) is 28.2 Å². The van der Waals surface area contributed by atoms with Gasteiger partial charge < -0.3 is 9.84 Å². The standard InChI is InChI=1S/C15H11F2N3O4S2/c1-6(13(21)22)24-12-10-11(19-15(23)26-10)18-14(20-12)25-5-7-3-2-4-8(16)9(7)17/h2-4,6H,5H2,1H3,(H,21,22)(H,18,19,20,23)/t6-/m1/s1. The van der Waals surface area contributed by atoms with Crippen molar-refractivity contribution >= 4 is 39.4 Å². The van der Waals surface area contributed by atoms with Crippen molar-refractivity contribution in [1.29, 1.82) is 0 Å². The largest absolute Gasteiger partial charge is 0.479 e. The van der Waals surface area contributed by atoms with Crippen LogP contribution >= 0.6 is 23.1 Å². The van der Waals surface area contributed by atoms with Gasteiger partial charge in [0.05, 0.1) is 0 Å². The quantitative estimate of drug-likeness (QED) is 0.485. The molecule has 7 nitrogen and oxygen atoms in total. The number of carbonyl (C=O) groups is 1. The topological polar surface area (TPSA) is 105 Å². The molecule has 0 amide bonds. The van der Waals surface area contributed by atoms with Gasteiger partial charge in [-0.1, -0.05) is 35.2 Å². The number of thioether (sulfide) groups is 1. The number of rotatable bonds is 6. The molecule has 0 aliphatic heterocycles. The van der Waals surface area contributed by atoms with Gasteiger partial charge in [0.25, 0.3) is 0 Å². The van der Waals surface area contributed by atoms with E-state index in [1.807, 2.05) is 0 Å². The molecule has 1 aromatic carbocycles. The van der Waals surface area contributed by atoms with Crippen LogP contribution in [-0.4, -0.2) is 32.1 Å². The smallest absolute Gasteiger partial charge is 0.344 e. The summed E-state index contributed by atoms with van der Waals surface area (Å²) < 4.78 is 32.6. The van der Waals surface area contributed by atoms with E-state index >= 15 is 0 Å². The van der Waals surface area contributed by atoms with Crippen LogP contribution < -0.4 is 9.61 Å². The SMILES string of the molecule is C[C@@H](Oc1nc(SCc2cccc(F)c2F)nc2[nH]c(=O)sc12)C(=O)O. The van der Waals surface area contributed by atoms with Crippen LogP contribution in [-0.2, 0) is 10.5 Å². The molecule has 0 aliphatic carbocycles. The molecule has 136 valence electrons. The number of ether oxygens (including phenoxy) is 1. The summed E-state index contributed by atoms with van der Waals surface area (Å²) in [5.41, 5.74) is 0.309. The number of carboxylic acid groups (broad SMARTS) is 1. The molecular weight excluding hydrogens is 388 g/mol. The highest BCUT2D eigenvalue weighted by atomic mass is 32.2. The normalized spacial score (nSPS) is 12.3. The van der Waals surface area contributed by atoms with Gasteiger partial charge in [0.15, 0.2) is 28.5 Å². The fourth-order valence-corrected chi connectivity index (χ4v) is 3.48. The molecule has 2 N–H and O–H groups in total. The lowest BCUT2D eigenvalue weighted by Crippen LogP contribution is -2.23. The van der Waals surface area contributed by atoms with Crippen molar-refractivity contribution in [2.75, 3.05) is 0 Å². The number of nitrogens with zero attached hydrogens (tertiary/aromatic N) is 2. The molecule has 1 atom stereocenters. The van der Waals surface area contributed by atoms with Crippen molar-refractivity contribution in [3.63, 3.8) is 0 Å². The third-order valence-corrected chi connectivity index (χ3v) is 5.01.